The number of ether oxygens (including phenoxy) is 1. The van der Waals surface area contributed by atoms with Crippen LogP contribution in [0.1, 0.15) is 24.5 Å². The molecule has 2 N–H and O–H groups in total. The number of nitrogens with two attached hydrogens (primary N) is 1. The smallest absolute Gasteiger partial charge is 0.141 e. The third kappa shape index (κ3) is 4.13. The molecule has 0 saturated heterocycles. The Morgan fingerprint density at radius 3 is 2.80 bits per heavy atom. The molecule has 0 amide bonds. The number of rotatable bonds is 6. The summed E-state index contributed by atoms with van der Waals surface area (Å²) in [6.45, 7) is 2.56. The summed E-state index contributed by atoms with van der Waals surface area (Å²) >= 11 is 14.0. The molecule has 1 aromatic carbocycles. The standard InChI is InChI=1S/C15H17Cl2NOS/c1-2-13(18)6-11-5-12(16)7-14(17)15(11)19-8-10-3-4-20-9-10/h3-5,7,9,13H,2,6,8,18H2,1H3. The van der Waals surface area contributed by atoms with Gasteiger partial charge in [0.1, 0.15) is 12.4 Å². The third-order valence-corrected chi connectivity index (χ3v) is 4.29. The van der Waals surface area contributed by atoms with Crippen LogP contribution in [0.5, 0.6) is 5.75 Å². The fourth-order valence-electron chi connectivity index (χ4n) is 1.88. The van der Waals surface area contributed by atoms with Gasteiger partial charge < -0.3 is 10.5 Å². The number of hydrogen-bond acceptors (Lipinski definition) is 3. The fourth-order valence-corrected chi connectivity index (χ4v) is 3.13. The quantitative estimate of drug-likeness (QED) is 0.816. The largest absolute Gasteiger partial charge is 0.487 e. The van der Waals surface area contributed by atoms with E-state index in [1.807, 2.05) is 17.5 Å². The first-order chi connectivity index (χ1) is 9.60. The lowest BCUT2D eigenvalue weighted by molar-refractivity contribution is 0.303. The molecule has 0 aliphatic heterocycles. The van der Waals surface area contributed by atoms with E-state index in [4.69, 9.17) is 33.7 Å². The molecule has 1 unspecified atom stereocenters. The Balaban J connectivity index is 2.20. The minimum absolute atomic E-state index is 0.0769. The van der Waals surface area contributed by atoms with Crippen molar-refractivity contribution < 1.29 is 4.74 Å². The lowest BCUT2D eigenvalue weighted by atomic mass is 10.0. The molecule has 0 saturated carbocycles. The van der Waals surface area contributed by atoms with Gasteiger partial charge in [0, 0.05) is 11.1 Å². The lowest BCUT2D eigenvalue weighted by Crippen LogP contribution is -2.21. The van der Waals surface area contributed by atoms with Crippen molar-refractivity contribution in [3.63, 3.8) is 0 Å². The van der Waals surface area contributed by atoms with Crippen molar-refractivity contribution >= 4 is 34.5 Å². The Kier molecular flexibility index (Phi) is 5.73. The maximum absolute atomic E-state index is 6.25. The van der Waals surface area contributed by atoms with Crippen LogP contribution in [0.25, 0.3) is 0 Å². The normalized spacial score (nSPS) is 12.4. The van der Waals surface area contributed by atoms with Crippen LogP contribution in [0.15, 0.2) is 29.0 Å². The molecule has 5 heteroatoms. The molecule has 0 spiro atoms. The van der Waals surface area contributed by atoms with Crippen LogP contribution < -0.4 is 10.5 Å². The highest BCUT2D eigenvalue weighted by atomic mass is 35.5. The first-order valence-corrected chi connectivity index (χ1v) is 8.17. The monoisotopic (exact) mass is 329 g/mol. The number of hydrogen-bond donors (Lipinski definition) is 1. The Bertz CT molecular complexity index is 557. The second-order valence-electron chi connectivity index (χ2n) is 4.67. The maximum Gasteiger partial charge on any atom is 0.141 e. The molecule has 2 nitrogen and oxygen atoms in total. The first-order valence-electron chi connectivity index (χ1n) is 6.47. The second kappa shape index (κ2) is 7.32. The van der Waals surface area contributed by atoms with Gasteiger partial charge in [-0.15, -0.1) is 0 Å². The highest BCUT2D eigenvalue weighted by Gasteiger charge is 2.13. The van der Waals surface area contributed by atoms with Gasteiger partial charge in [0.25, 0.3) is 0 Å². The molecule has 108 valence electrons. The Morgan fingerprint density at radius 1 is 1.35 bits per heavy atom. The van der Waals surface area contributed by atoms with Crippen LogP contribution in [0, 0.1) is 0 Å². The zero-order chi connectivity index (χ0) is 14.5. The van der Waals surface area contributed by atoms with Gasteiger partial charge in [-0.2, -0.15) is 11.3 Å². The van der Waals surface area contributed by atoms with Crippen LogP contribution in [0.3, 0.4) is 0 Å². The number of halogens is 2. The molecule has 0 fully saturated rings. The highest BCUT2D eigenvalue weighted by molar-refractivity contribution is 7.07. The average molecular weight is 330 g/mol. The molecule has 1 aromatic heterocycles. The van der Waals surface area contributed by atoms with Gasteiger partial charge in [0.2, 0.25) is 0 Å². The van der Waals surface area contributed by atoms with Crippen molar-refractivity contribution in [3.8, 4) is 5.75 Å². The highest BCUT2D eigenvalue weighted by Crippen LogP contribution is 2.34. The van der Waals surface area contributed by atoms with Gasteiger partial charge in [-0.05, 0) is 52.9 Å². The summed E-state index contributed by atoms with van der Waals surface area (Å²) in [7, 11) is 0. The Hall–Kier alpha value is -0.740. The molecule has 2 rings (SSSR count). The SMILES string of the molecule is CCC(N)Cc1cc(Cl)cc(Cl)c1OCc1ccsc1. The third-order valence-electron chi connectivity index (χ3n) is 3.06. The van der Waals surface area contributed by atoms with Crippen LogP contribution in [-0.2, 0) is 13.0 Å². The average Bonchev–Trinajstić information content (AvgIpc) is 2.90. The number of thiophene rings is 1. The predicted molar refractivity (Wildman–Crippen MR) is 87.1 cm³/mol. The van der Waals surface area contributed by atoms with E-state index in [9.17, 15) is 0 Å². The summed E-state index contributed by atoms with van der Waals surface area (Å²) in [6, 6.07) is 5.69. The molecule has 20 heavy (non-hydrogen) atoms. The van der Waals surface area contributed by atoms with E-state index in [0.29, 0.717) is 28.8 Å². The summed E-state index contributed by atoms with van der Waals surface area (Å²) in [5.74, 6) is 0.686. The van der Waals surface area contributed by atoms with E-state index in [1.54, 1.807) is 17.4 Å². The van der Waals surface area contributed by atoms with Crippen molar-refractivity contribution in [1.29, 1.82) is 0 Å². The Morgan fingerprint density at radius 2 is 2.15 bits per heavy atom. The van der Waals surface area contributed by atoms with Crippen LogP contribution in [-0.4, -0.2) is 6.04 Å². The second-order valence-corrected chi connectivity index (χ2v) is 6.29. The minimum Gasteiger partial charge on any atom is -0.487 e. The van der Waals surface area contributed by atoms with E-state index < -0.39 is 0 Å². The van der Waals surface area contributed by atoms with Crippen molar-refractivity contribution in [2.45, 2.75) is 32.4 Å². The molecular weight excluding hydrogens is 313 g/mol. The lowest BCUT2D eigenvalue weighted by Gasteiger charge is -2.16. The predicted octanol–water partition coefficient (Wildman–Crippen LogP) is 4.91. The van der Waals surface area contributed by atoms with Crippen molar-refractivity contribution in [1.82, 2.24) is 0 Å². The Labute approximate surface area is 133 Å². The fraction of sp³-hybridized carbons (Fsp3) is 0.333. The number of benzene rings is 1. The summed E-state index contributed by atoms with van der Waals surface area (Å²) in [5.41, 5.74) is 8.12. The molecule has 2 aromatic rings. The maximum atomic E-state index is 6.25. The summed E-state index contributed by atoms with van der Waals surface area (Å²) < 4.78 is 5.87. The van der Waals surface area contributed by atoms with Gasteiger partial charge in [0.15, 0.2) is 0 Å². The zero-order valence-electron chi connectivity index (χ0n) is 11.2. The van der Waals surface area contributed by atoms with Crippen molar-refractivity contribution in [3.05, 3.63) is 50.1 Å². The molecule has 0 aliphatic carbocycles. The van der Waals surface area contributed by atoms with E-state index in [0.717, 1.165) is 17.5 Å². The van der Waals surface area contributed by atoms with Crippen LogP contribution >= 0.6 is 34.5 Å². The van der Waals surface area contributed by atoms with Crippen LogP contribution in [0.4, 0.5) is 0 Å². The summed E-state index contributed by atoms with van der Waals surface area (Å²) in [5, 5.41) is 5.22. The minimum atomic E-state index is 0.0769. The molecule has 1 heterocycles. The van der Waals surface area contributed by atoms with E-state index in [-0.39, 0.29) is 6.04 Å². The van der Waals surface area contributed by atoms with E-state index in [2.05, 4.69) is 12.3 Å². The summed E-state index contributed by atoms with van der Waals surface area (Å²) in [6.07, 6.45) is 1.60. The van der Waals surface area contributed by atoms with Gasteiger partial charge in [-0.3, -0.25) is 0 Å². The van der Waals surface area contributed by atoms with Crippen molar-refractivity contribution in [2.75, 3.05) is 0 Å². The molecule has 0 radical (unpaired) electrons. The molecular formula is C15H17Cl2NOS. The van der Waals surface area contributed by atoms with E-state index >= 15 is 0 Å². The first kappa shape index (κ1) is 15.6. The molecule has 1 atom stereocenters. The molecule has 0 aliphatic rings. The summed E-state index contributed by atoms with van der Waals surface area (Å²) in [4.78, 5) is 0. The topological polar surface area (TPSA) is 35.2 Å². The van der Waals surface area contributed by atoms with Gasteiger partial charge >= 0.3 is 0 Å². The van der Waals surface area contributed by atoms with Gasteiger partial charge in [-0.1, -0.05) is 30.1 Å². The van der Waals surface area contributed by atoms with Crippen LogP contribution in [0.2, 0.25) is 10.0 Å². The van der Waals surface area contributed by atoms with Gasteiger partial charge in [-0.25, -0.2) is 0 Å². The van der Waals surface area contributed by atoms with Gasteiger partial charge in [0.05, 0.1) is 5.02 Å². The van der Waals surface area contributed by atoms with Crippen molar-refractivity contribution in [2.24, 2.45) is 5.73 Å². The zero-order valence-corrected chi connectivity index (χ0v) is 13.6. The van der Waals surface area contributed by atoms with E-state index in [1.165, 1.54) is 0 Å². The molecule has 0 bridgehead atoms.